The molecule has 22 heavy (non-hydrogen) atoms. The van der Waals surface area contributed by atoms with E-state index in [1.54, 1.807) is 0 Å². The Hall–Kier alpha value is -1.65. The second-order valence-corrected chi connectivity index (χ2v) is 7.09. The molecule has 0 radical (unpaired) electrons. The molecule has 2 aromatic heterocycles. The number of aromatic nitrogens is 2. The van der Waals surface area contributed by atoms with Gasteiger partial charge in [-0.3, -0.25) is 0 Å². The number of hydrogen-bond acceptors (Lipinski definition) is 4. The minimum atomic E-state index is 0.676. The second-order valence-electron chi connectivity index (χ2n) is 5.60. The normalized spacial score (nSPS) is 13.5. The van der Waals surface area contributed by atoms with Gasteiger partial charge in [-0.25, -0.2) is 9.97 Å². The summed E-state index contributed by atoms with van der Waals surface area (Å²) in [5, 5.41) is 5.48. The van der Waals surface area contributed by atoms with Crippen LogP contribution in [-0.4, -0.2) is 9.97 Å². The van der Waals surface area contributed by atoms with Crippen LogP contribution in [-0.2, 0) is 19.4 Å². The Morgan fingerprint density at radius 2 is 2.09 bits per heavy atom. The summed E-state index contributed by atoms with van der Waals surface area (Å²) in [6.07, 6.45) is 3.57. The van der Waals surface area contributed by atoms with Crippen molar-refractivity contribution >= 4 is 39.0 Å². The Morgan fingerprint density at radius 3 is 2.95 bits per heavy atom. The lowest BCUT2D eigenvalue weighted by Crippen LogP contribution is -2.04. The molecule has 2 heterocycles. The van der Waals surface area contributed by atoms with E-state index in [0.29, 0.717) is 6.54 Å². The highest BCUT2D eigenvalue weighted by atomic mass is 35.5. The van der Waals surface area contributed by atoms with Crippen LogP contribution in [0.3, 0.4) is 0 Å². The van der Waals surface area contributed by atoms with Crippen LogP contribution >= 0.6 is 22.9 Å². The average Bonchev–Trinajstić information content (AvgIpc) is 3.06. The topological polar surface area (TPSA) is 37.8 Å². The Kier molecular flexibility index (Phi) is 3.51. The van der Waals surface area contributed by atoms with Gasteiger partial charge in [0.15, 0.2) is 0 Å². The molecule has 0 unspecified atom stereocenters. The minimum Gasteiger partial charge on any atom is -0.365 e. The molecular formula is C17H16ClN3S. The van der Waals surface area contributed by atoms with Gasteiger partial charge in [0.05, 0.1) is 5.39 Å². The van der Waals surface area contributed by atoms with Crippen LogP contribution in [0.25, 0.3) is 10.2 Å². The summed E-state index contributed by atoms with van der Waals surface area (Å²) in [7, 11) is 0. The molecule has 0 fully saturated rings. The number of benzene rings is 1. The summed E-state index contributed by atoms with van der Waals surface area (Å²) in [6.45, 7) is 2.63. The highest BCUT2D eigenvalue weighted by Crippen LogP contribution is 2.39. The molecule has 5 heteroatoms. The Labute approximate surface area is 138 Å². The summed E-state index contributed by atoms with van der Waals surface area (Å²) in [4.78, 5) is 11.8. The molecule has 0 bridgehead atoms. The predicted octanol–water partition coefficient (Wildman–Crippen LogP) is 4.75. The fraction of sp³-hybridized carbons (Fsp3) is 0.294. The van der Waals surface area contributed by atoms with E-state index >= 15 is 0 Å². The smallest absolute Gasteiger partial charge is 0.139 e. The summed E-state index contributed by atoms with van der Waals surface area (Å²) >= 11 is 8.06. The first kappa shape index (κ1) is 14.0. The Morgan fingerprint density at radius 1 is 1.23 bits per heavy atom. The van der Waals surface area contributed by atoms with Crippen molar-refractivity contribution in [2.45, 2.75) is 32.7 Å². The number of aryl methyl sites for hydroxylation is 3. The maximum atomic E-state index is 6.24. The maximum Gasteiger partial charge on any atom is 0.139 e. The van der Waals surface area contributed by atoms with E-state index in [1.165, 1.54) is 28.7 Å². The van der Waals surface area contributed by atoms with Crippen molar-refractivity contribution in [1.82, 2.24) is 9.97 Å². The molecule has 0 amide bonds. The highest BCUT2D eigenvalue weighted by Gasteiger charge is 2.21. The van der Waals surface area contributed by atoms with Crippen molar-refractivity contribution in [2.24, 2.45) is 0 Å². The zero-order valence-electron chi connectivity index (χ0n) is 12.3. The first-order chi connectivity index (χ1) is 10.7. The van der Waals surface area contributed by atoms with Crippen LogP contribution in [0.4, 0.5) is 5.82 Å². The van der Waals surface area contributed by atoms with Crippen molar-refractivity contribution in [3.8, 4) is 0 Å². The van der Waals surface area contributed by atoms with E-state index in [-0.39, 0.29) is 0 Å². The Balaban J connectivity index is 1.73. The van der Waals surface area contributed by atoms with Gasteiger partial charge in [-0.15, -0.1) is 11.3 Å². The minimum absolute atomic E-state index is 0.676. The van der Waals surface area contributed by atoms with Crippen molar-refractivity contribution in [2.75, 3.05) is 5.32 Å². The summed E-state index contributed by atoms with van der Waals surface area (Å²) in [5.74, 6) is 1.76. The van der Waals surface area contributed by atoms with E-state index in [2.05, 4.69) is 15.3 Å². The molecule has 0 aliphatic heterocycles. The number of rotatable bonds is 3. The molecule has 0 saturated heterocycles. The molecule has 3 aromatic rings. The quantitative estimate of drug-likeness (QED) is 0.753. The van der Waals surface area contributed by atoms with Gasteiger partial charge in [0, 0.05) is 16.4 Å². The van der Waals surface area contributed by atoms with Crippen molar-refractivity contribution in [3.05, 3.63) is 51.1 Å². The predicted molar refractivity (Wildman–Crippen MR) is 93.0 cm³/mol. The number of halogens is 1. The second kappa shape index (κ2) is 5.52. The third-order valence-corrected chi connectivity index (χ3v) is 5.64. The van der Waals surface area contributed by atoms with Gasteiger partial charge in [-0.2, -0.15) is 0 Å². The molecule has 1 aliphatic rings. The molecular weight excluding hydrogens is 314 g/mol. The molecule has 1 N–H and O–H groups in total. The van der Waals surface area contributed by atoms with Gasteiger partial charge in [-0.1, -0.05) is 29.8 Å². The van der Waals surface area contributed by atoms with Crippen molar-refractivity contribution < 1.29 is 0 Å². The summed E-state index contributed by atoms with van der Waals surface area (Å²) in [6, 6.07) is 7.91. The number of thiophene rings is 1. The van der Waals surface area contributed by atoms with Crippen LogP contribution in [0.5, 0.6) is 0 Å². The maximum absolute atomic E-state index is 6.24. The number of hydrogen-bond donors (Lipinski definition) is 1. The van der Waals surface area contributed by atoms with Gasteiger partial charge >= 0.3 is 0 Å². The lowest BCUT2D eigenvalue weighted by atomic mass is 10.1. The van der Waals surface area contributed by atoms with Gasteiger partial charge < -0.3 is 5.32 Å². The molecule has 1 aliphatic carbocycles. The fourth-order valence-corrected chi connectivity index (χ4v) is 4.56. The molecule has 0 saturated carbocycles. The largest absolute Gasteiger partial charge is 0.365 e. The molecule has 1 aromatic carbocycles. The lowest BCUT2D eigenvalue weighted by molar-refractivity contribution is 0.916. The SMILES string of the molecule is Cc1nc(NCc2ccccc2Cl)c2c3c(sc2n1)CCC3. The third-order valence-electron chi connectivity index (χ3n) is 4.08. The van der Waals surface area contributed by atoms with E-state index in [9.17, 15) is 0 Å². The standard InChI is InChI=1S/C17H16ClN3S/c1-10-20-16(19-9-11-5-2-3-7-13(11)18)15-12-6-4-8-14(12)22-17(15)21-10/h2-3,5,7H,4,6,8-9H2,1H3,(H,19,20,21). The third kappa shape index (κ3) is 2.36. The number of nitrogens with one attached hydrogen (secondary N) is 1. The van der Waals surface area contributed by atoms with E-state index in [1.807, 2.05) is 42.5 Å². The first-order valence-electron chi connectivity index (χ1n) is 7.48. The van der Waals surface area contributed by atoms with Gasteiger partial charge in [0.1, 0.15) is 16.5 Å². The highest BCUT2D eigenvalue weighted by molar-refractivity contribution is 7.19. The van der Waals surface area contributed by atoms with Crippen molar-refractivity contribution in [1.29, 1.82) is 0 Å². The zero-order valence-corrected chi connectivity index (χ0v) is 13.9. The van der Waals surface area contributed by atoms with Crippen LogP contribution in [0.15, 0.2) is 24.3 Å². The van der Waals surface area contributed by atoms with Crippen LogP contribution in [0.1, 0.15) is 28.2 Å². The van der Waals surface area contributed by atoms with E-state index < -0.39 is 0 Å². The van der Waals surface area contributed by atoms with Crippen LogP contribution < -0.4 is 5.32 Å². The van der Waals surface area contributed by atoms with Crippen LogP contribution in [0, 0.1) is 6.92 Å². The zero-order chi connectivity index (χ0) is 15.1. The fourth-order valence-electron chi connectivity index (χ4n) is 3.05. The summed E-state index contributed by atoms with van der Waals surface area (Å²) < 4.78 is 0. The van der Waals surface area contributed by atoms with Gasteiger partial charge in [0.2, 0.25) is 0 Å². The summed E-state index contributed by atoms with van der Waals surface area (Å²) in [5.41, 5.74) is 2.53. The van der Waals surface area contributed by atoms with Gasteiger partial charge in [0.25, 0.3) is 0 Å². The van der Waals surface area contributed by atoms with Crippen LogP contribution in [0.2, 0.25) is 5.02 Å². The molecule has 4 rings (SSSR count). The molecule has 112 valence electrons. The Bertz CT molecular complexity index is 856. The van der Waals surface area contributed by atoms with Gasteiger partial charge in [-0.05, 0) is 43.4 Å². The number of nitrogens with zero attached hydrogens (tertiary/aromatic N) is 2. The number of anilines is 1. The van der Waals surface area contributed by atoms with E-state index in [0.717, 1.165) is 33.5 Å². The molecule has 3 nitrogen and oxygen atoms in total. The first-order valence-corrected chi connectivity index (χ1v) is 8.68. The monoisotopic (exact) mass is 329 g/mol. The molecule has 0 spiro atoms. The number of fused-ring (bicyclic) bond motifs is 3. The molecule has 0 atom stereocenters. The average molecular weight is 330 g/mol. The van der Waals surface area contributed by atoms with Crippen molar-refractivity contribution in [3.63, 3.8) is 0 Å². The lowest BCUT2D eigenvalue weighted by Gasteiger charge is -2.10. The van der Waals surface area contributed by atoms with E-state index in [4.69, 9.17) is 11.6 Å².